The third-order valence-corrected chi connectivity index (χ3v) is 11.6. The average molecular weight is 782 g/mol. The molecule has 0 radical (unpaired) electrons. The van der Waals surface area contributed by atoms with Gasteiger partial charge in [-0.1, -0.05) is 158 Å². The van der Waals surface area contributed by atoms with Gasteiger partial charge in [-0.15, -0.1) is 0 Å². The second-order valence-electron chi connectivity index (χ2n) is 15.2. The second-order valence-corrected chi connectivity index (χ2v) is 15.2. The summed E-state index contributed by atoms with van der Waals surface area (Å²) in [5.74, 6) is 1.69. The van der Waals surface area contributed by atoms with Crippen LogP contribution in [0, 0.1) is 0 Å². The van der Waals surface area contributed by atoms with Crippen molar-refractivity contribution < 1.29 is 4.42 Å². The monoisotopic (exact) mass is 781 g/mol. The molecule has 0 unspecified atom stereocenters. The lowest BCUT2D eigenvalue weighted by molar-refractivity contribution is 0.671. The van der Waals surface area contributed by atoms with E-state index in [1.54, 1.807) is 0 Å². The Morgan fingerprint density at radius 1 is 0.393 bits per heavy atom. The SMILES string of the molecule is c1ccc(-c2ccc(N(c3ccccc3)c3ccc4c(c3)c3ccc5c(oc6ccc7ccccc7c65)c3n4-c3nc(-c4ccccc4)nc(-c4ccccc4)n3)cc2)cc1. The quantitative estimate of drug-likeness (QED) is 0.161. The van der Waals surface area contributed by atoms with Crippen molar-refractivity contribution in [1.82, 2.24) is 19.5 Å². The van der Waals surface area contributed by atoms with Gasteiger partial charge in [-0.05, 0) is 76.5 Å². The van der Waals surface area contributed by atoms with Crippen LogP contribution in [0.2, 0.25) is 0 Å². The number of hydrogen-bond donors (Lipinski definition) is 0. The van der Waals surface area contributed by atoms with E-state index < -0.39 is 0 Å². The highest BCUT2D eigenvalue weighted by Crippen LogP contribution is 2.44. The second kappa shape index (κ2) is 14.2. The minimum atomic E-state index is 0.509. The maximum Gasteiger partial charge on any atom is 0.238 e. The lowest BCUT2D eigenvalue weighted by Crippen LogP contribution is -2.10. The summed E-state index contributed by atoms with van der Waals surface area (Å²) in [7, 11) is 0. The predicted molar refractivity (Wildman–Crippen MR) is 250 cm³/mol. The van der Waals surface area contributed by atoms with Crippen LogP contribution in [0.25, 0.3) is 94.4 Å². The molecule has 6 nitrogen and oxygen atoms in total. The summed E-state index contributed by atoms with van der Waals surface area (Å²) < 4.78 is 9.13. The Labute approximate surface area is 351 Å². The Bertz CT molecular complexity index is 3510. The van der Waals surface area contributed by atoms with Crippen molar-refractivity contribution in [1.29, 1.82) is 0 Å². The molecule has 61 heavy (non-hydrogen) atoms. The molecule has 3 heterocycles. The van der Waals surface area contributed by atoms with E-state index >= 15 is 0 Å². The number of anilines is 3. The molecule has 0 spiro atoms. The first kappa shape index (κ1) is 34.7. The van der Waals surface area contributed by atoms with Crippen LogP contribution in [-0.2, 0) is 0 Å². The van der Waals surface area contributed by atoms with E-state index in [1.807, 2.05) is 60.7 Å². The van der Waals surface area contributed by atoms with Crippen LogP contribution >= 0.6 is 0 Å². The molecule has 12 aromatic rings. The number of benzene rings is 9. The zero-order chi connectivity index (χ0) is 40.3. The zero-order valence-electron chi connectivity index (χ0n) is 32.9. The van der Waals surface area contributed by atoms with Crippen LogP contribution in [0.4, 0.5) is 17.1 Å². The number of para-hydroxylation sites is 1. The molecule has 6 heteroatoms. The molecular formula is C55H35N5O. The summed E-state index contributed by atoms with van der Waals surface area (Å²) in [6, 6.07) is 73.9. The standard InChI is InChI=1S/C55H35N5O/c1-5-15-36(16-6-1)37-25-28-42(29-26-37)59(41-22-11-4-12-23-41)43-30-33-48-47(35-43)45-31-32-46-50-44-24-14-13-17-38(44)27-34-49(50)61-52(46)51(45)60(48)55-57-53(39-18-7-2-8-19-39)56-54(58-55)40-20-9-3-10-21-40/h1-35H. The fourth-order valence-corrected chi connectivity index (χ4v) is 8.79. The minimum absolute atomic E-state index is 0.509. The van der Waals surface area contributed by atoms with Crippen LogP contribution in [-0.4, -0.2) is 19.5 Å². The number of aromatic nitrogens is 4. The van der Waals surface area contributed by atoms with Crippen LogP contribution in [0.5, 0.6) is 0 Å². The fourth-order valence-electron chi connectivity index (χ4n) is 8.79. The maximum atomic E-state index is 6.96. The largest absolute Gasteiger partial charge is 0.454 e. The van der Waals surface area contributed by atoms with Crippen LogP contribution in [0.1, 0.15) is 0 Å². The van der Waals surface area contributed by atoms with Crippen molar-refractivity contribution in [3.05, 3.63) is 212 Å². The summed E-state index contributed by atoms with van der Waals surface area (Å²) in [4.78, 5) is 17.9. The first-order valence-corrected chi connectivity index (χ1v) is 20.4. The van der Waals surface area contributed by atoms with Gasteiger partial charge >= 0.3 is 0 Å². The molecule has 0 aliphatic rings. The van der Waals surface area contributed by atoms with Gasteiger partial charge in [0.25, 0.3) is 0 Å². The first-order chi connectivity index (χ1) is 30.2. The molecular weight excluding hydrogens is 747 g/mol. The van der Waals surface area contributed by atoms with Gasteiger partial charge in [-0.25, -0.2) is 4.98 Å². The van der Waals surface area contributed by atoms with E-state index in [1.165, 1.54) is 16.5 Å². The van der Waals surface area contributed by atoms with Gasteiger partial charge in [-0.2, -0.15) is 9.97 Å². The molecule has 0 saturated carbocycles. The van der Waals surface area contributed by atoms with Gasteiger partial charge < -0.3 is 9.32 Å². The number of rotatable bonds is 7. The van der Waals surface area contributed by atoms with E-state index in [2.05, 4.69) is 161 Å². The van der Waals surface area contributed by atoms with E-state index in [9.17, 15) is 0 Å². The molecule has 12 rings (SSSR count). The molecule has 0 bridgehead atoms. The first-order valence-electron chi connectivity index (χ1n) is 20.4. The van der Waals surface area contributed by atoms with Gasteiger partial charge in [0.2, 0.25) is 5.95 Å². The van der Waals surface area contributed by atoms with Gasteiger partial charge in [0.05, 0.1) is 5.52 Å². The Hall–Kier alpha value is -8.35. The molecule has 0 atom stereocenters. The van der Waals surface area contributed by atoms with E-state index in [0.717, 1.165) is 77.3 Å². The lowest BCUT2D eigenvalue weighted by Gasteiger charge is -2.26. The molecule has 0 amide bonds. The normalized spacial score (nSPS) is 11.6. The van der Waals surface area contributed by atoms with Gasteiger partial charge in [0.1, 0.15) is 11.1 Å². The van der Waals surface area contributed by atoms with Crippen LogP contribution < -0.4 is 4.90 Å². The van der Waals surface area contributed by atoms with Crippen molar-refractivity contribution in [2.24, 2.45) is 0 Å². The highest BCUT2D eigenvalue weighted by atomic mass is 16.3. The highest BCUT2D eigenvalue weighted by Gasteiger charge is 2.24. The Kier molecular flexibility index (Phi) is 8.06. The van der Waals surface area contributed by atoms with Crippen molar-refractivity contribution in [3.8, 4) is 39.9 Å². The van der Waals surface area contributed by atoms with Gasteiger partial charge in [0, 0.05) is 49.7 Å². The smallest absolute Gasteiger partial charge is 0.238 e. The summed E-state index contributed by atoms with van der Waals surface area (Å²) in [5.41, 5.74) is 10.8. The van der Waals surface area contributed by atoms with E-state index in [4.69, 9.17) is 19.4 Å². The van der Waals surface area contributed by atoms with E-state index in [-0.39, 0.29) is 0 Å². The third-order valence-electron chi connectivity index (χ3n) is 11.6. The number of hydrogen-bond acceptors (Lipinski definition) is 5. The number of nitrogens with zero attached hydrogens (tertiary/aromatic N) is 5. The van der Waals surface area contributed by atoms with Crippen LogP contribution in [0.15, 0.2) is 217 Å². The molecule has 0 aliphatic heterocycles. The molecule has 3 aromatic heterocycles. The maximum absolute atomic E-state index is 6.96. The molecule has 9 aromatic carbocycles. The van der Waals surface area contributed by atoms with Crippen molar-refractivity contribution in [2.45, 2.75) is 0 Å². The van der Waals surface area contributed by atoms with Crippen molar-refractivity contribution >= 4 is 71.6 Å². The summed E-state index contributed by atoms with van der Waals surface area (Å²) in [6.07, 6.45) is 0. The zero-order valence-corrected chi connectivity index (χ0v) is 32.9. The highest BCUT2D eigenvalue weighted by molar-refractivity contribution is 6.26. The topological polar surface area (TPSA) is 60.0 Å². The van der Waals surface area contributed by atoms with Crippen molar-refractivity contribution in [3.63, 3.8) is 0 Å². The van der Waals surface area contributed by atoms with Crippen molar-refractivity contribution in [2.75, 3.05) is 4.90 Å². The summed E-state index contributed by atoms with van der Waals surface area (Å²) in [5, 5.41) is 6.52. The fraction of sp³-hybridized carbons (Fsp3) is 0. The van der Waals surface area contributed by atoms with Crippen LogP contribution in [0.3, 0.4) is 0 Å². The molecule has 0 aliphatic carbocycles. The average Bonchev–Trinajstić information content (AvgIpc) is 3.89. The van der Waals surface area contributed by atoms with E-state index in [0.29, 0.717) is 17.6 Å². The summed E-state index contributed by atoms with van der Waals surface area (Å²) in [6.45, 7) is 0. The Morgan fingerprint density at radius 2 is 0.951 bits per heavy atom. The lowest BCUT2D eigenvalue weighted by atomic mass is 10.0. The predicted octanol–water partition coefficient (Wildman–Crippen LogP) is 14.5. The molecule has 0 N–H and O–H groups in total. The summed E-state index contributed by atoms with van der Waals surface area (Å²) >= 11 is 0. The Balaban J connectivity index is 1.14. The molecule has 0 fully saturated rings. The number of furan rings is 1. The molecule has 0 saturated heterocycles. The van der Waals surface area contributed by atoms with Gasteiger partial charge in [0.15, 0.2) is 17.2 Å². The Morgan fingerprint density at radius 3 is 1.64 bits per heavy atom. The van der Waals surface area contributed by atoms with Gasteiger partial charge in [-0.3, -0.25) is 4.57 Å². The molecule has 286 valence electrons. The number of fused-ring (bicyclic) bond motifs is 9. The minimum Gasteiger partial charge on any atom is -0.454 e. The third kappa shape index (κ3) is 5.84.